The van der Waals surface area contributed by atoms with Crippen molar-refractivity contribution in [2.75, 3.05) is 0 Å². The second-order valence-corrected chi connectivity index (χ2v) is 5.02. The number of benzene rings is 3. The fourth-order valence-corrected chi connectivity index (χ4v) is 2.67. The van der Waals surface area contributed by atoms with Crippen molar-refractivity contribution in [1.29, 1.82) is 0 Å². The first-order chi connectivity index (χ1) is 10.7. The van der Waals surface area contributed by atoms with Gasteiger partial charge in [-0.15, -0.1) is 0 Å². The topological polar surface area (TPSA) is 26.3 Å². The standard InChI is InChI=1S/C19H10FO2/c20-12-8-10-13(11-9-12)22-17-7-3-6-15-14-4-1-2-5-16(14)19(21)18(15)17/h1-5,7-11H. The monoisotopic (exact) mass is 289 g/mol. The van der Waals surface area contributed by atoms with Gasteiger partial charge in [-0.3, -0.25) is 4.79 Å². The van der Waals surface area contributed by atoms with Crippen LogP contribution in [0, 0.1) is 11.9 Å². The average Bonchev–Trinajstić information content (AvgIpc) is 2.84. The summed E-state index contributed by atoms with van der Waals surface area (Å²) in [5, 5.41) is 0. The minimum atomic E-state index is -0.331. The molecule has 1 aliphatic carbocycles. The van der Waals surface area contributed by atoms with Gasteiger partial charge in [0.05, 0.1) is 5.56 Å². The van der Waals surface area contributed by atoms with Gasteiger partial charge in [0.1, 0.15) is 17.3 Å². The van der Waals surface area contributed by atoms with Crippen LogP contribution in [0.25, 0.3) is 11.1 Å². The Hall–Kier alpha value is -2.94. The van der Waals surface area contributed by atoms with Gasteiger partial charge in [0.15, 0.2) is 5.78 Å². The second kappa shape index (κ2) is 4.81. The molecular weight excluding hydrogens is 279 g/mol. The normalized spacial score (nSPS) is 12.0. The van der Waals surface area contributed by atoms with Crippen LogP contribution in [-0.2, 0) is 0 Å². The van der Waals surface area contributed by atoms with Gasteiger partial charge in [-0.2, -0.15) is 0 Å². The molecule has 22 heavy (non-hydrogen) atoms. The molecule has 0 aromatic heterocycles. The minimum Gasteiger partial charge on any atom is -0.457 e. The van der Waals surface area contributed by atoms with Crippen LogP contribution in [0.1, 0.15) is 15.9 Å². The molecule has 4 rings (SSSR count). The van der Waals surface area contributed by atoms with Crippen molar-refractivity contribution in [3.8, 4) is 22.6 Å². The Bertz CT molecular complexity index is 882. The lowest BCUT2D eigenvalue weighted by atomic mass is 10.1. The molecule has 0 bridgehead atoms. The molecule has 1 aliphatic rings. The van der Waals surface area contributed by atoms with Gasteiger partial charge in [0.25, 0.3) is 0 Å². The van der Waals surface area contributed by atoms with Crippen molar-refractivity contribution >= 4 is 5.78 Å². The predicted molar refractivity (Wildman–Crippen MR) is 80.6 cm³/mol. The SMILES string of the molecule is O=C1c2ccccc2-c2[c]ccc(Oc3ccc(F)cc3)c21. The van der Waals surface area contributed by atoms with E-state index in [1.165, 1.54) is 24.3 Å². The number of halogens is 1. The van der Waals surface area contributed by atoms with Crippen molar-refractivity contribution in [2.45, 2.75) is 0 Å². The van der Waals surface area contributed by atoms with E-state index in [-0.39, 0.29) is 11.6 Å². The first kappa shape index (κ1) is 12.8. The predicted octanol–water partition coefficient (Wildman–Crippen LogP) is 4.63. The summed E-state index contributed by atoms with van der Waals surface area (Å²) in [6, 6.07) is 19.7. The molecule has 3 aromatic carbocycles. The summed E-state index contributed by atoms with van der Waals surface area (Å²) >= 11 is 0. The third-order valence-electron chi connectivity index (χ3n) is 3.67. The van der Waals surface area contributed by atoms with Gasteiger partial charge in [-0.05, 0) is 48.0 Å². The lowest BCUT2D eigenvalue weighted by Crippen LogP contribution is -1.98. The molecule has 105 valence electrons. The van der Waals surface area contributed by atoms with Crippen LogP contribution in [0.4, 0.5) is 4.39 Å². The van der Waals surface area contributed by atoms with Crippen LogP contribution >= 0.6 is 0 Å². The first-order valence-corrected chi connectivity index (χ1v) is 6.86. The summed E-state index contributed by atoms with van der Waals surface area (Å²) in [5.74, 6) is 0.544. The molecule has 1 radical (unpaired) electrons. The van der Waals surface area contributed by atoms with Crippen LogP contribution in [-0.4, -0.2) is 5.78 Å². The summed E-state index contributed by atoms with van der Waals surface area (Å²) in [5.41, 5.74) is 2.78. The summed E-state index contributed by atoms with van der Waals surface area (Å²) in [7, 11) is 0. The number of hydrogen-bond acceptors (Lipinski definition) is 2. The molecule has 3 aromatic rings. The van der Waals surface area contributed by atoms with E-state index in [1.807, 2.05) is 18.2 Å². The van der Waals surface area contributed by atoms with Crippen molar-refractivity contribution < 1.29 is 13.9 Å². The van der Waals surface area contributed by atoms with Crippen molar-refractivity contribution in [3.05, 3.63) is 83.7 Å². The zero-order valence-electron chi connectivity index (χ0n) is 11.5. The largest absolute Gasteiger partial charge is 0.457 e. The highest BCUT2D eigenvalue weighted by Crippen LogP contribution is 2.41. The molecule has 0 spiro atoms. The minimum absolute atomic E-state index is 0.0699. The number of ketones is 1. The number of fused-ring (bicyclic) bond motifs is 3. The molecule has 0 amide bonds. The van der Waals surface area contributed by atoms with Crippen molar-refractivity contribution in [3.63, 3.8) is 0 Å². The highest BCUT2D eigenvalue weighted by atomic mass is 19.1. The van der Waals surface area contributed by atoms with Crippen LogP contribution in [0.3, 0.4) is 0 Å². The van der Waals surface area contributed by atoms with Crippen molar-refractivity contribution in [1.82, 2.24) is 0 Å². The maximum absolute atomic E-state index is 13.0. The Morgan fingerprint density at radius 3 is 2.41 bits per heavy atom. The van der Waals surface area contributed by atoms with E-state index >= 15 is 0 Å². The molecule has 0 unspecified atom stereocenters. The van der Waals surface area contributed by atoms with E-state index in [1.54, 1.807) is 18.2 Å². The van der Waals surface area contributed by atoms with Crippen LogP contribution < -0.4 is 4.74 Å². The lowest BCUT2D eigenvalue weighted by Gasteiger charge is -2.09. The number of hydrogen-bond donors (Lipinski definition) is 0. The molecule has 0 heterocycles. The van der Waals surface area contributed by atoms with Gasteiger partial charge in [-0.25, -0.2) is 4.39 Å². The molecule has 2 nitrogen and oxygen atoms in total. The number of rotatable bonds is 2. The molecule has 0 fully saturated rings. The van der Waals surface area contributed by atoms with E-state index in [0.717, 1.165) is 11.1 Å². The van der Waals surface area contributed by atoms with E-state index in [9.17, 15) is 9.18 Å². The Labute approximate surface area is 126 Å². The Kier molecular flexibility index (Phi) is 2.79. The molecule has 0 saturated carbocycles. The van der Waals surface area contributed by atoms with Gasteiger partial charge in [0.2, 0.25) is 0 Å². The van der Waals surface area contributed by atoms with Crippen molar-refractivity contribution in [2.24, 2.45) is 0 Å². The quantitative estimate of drug-likeness (QED) is 0.538. The summed E-state index contributed by atoms with van der Waals surface area (Å²) in [4.78, 5) is 12.6. The number of ether oxygens (including phenoxy) is 1. The maximum atomic E-state index is 13.0. The summed E-state index contributed by atoms with van der Waals surface area (Å²) < 4.78 is 18.7. The highest BCUT2D eigenvalue weighted by molar-refractivity contribution is 6.23. The summed E-state index contributed by atoms with van der Waals surface area (Å²) in [6.07, 6.45) is 0. The van der Waals surface area contributed by atoms with Crippen LogP contribution in [0.5, 0.6) is 11.5 Å². The average molecular weight is 289 g/mol. The van der Waals surface area contributed by atoms with Crippen LogP contribution in [0.15, 0.2) is 60.7 Å². The molecular formula is C19H10FO2. The first-order valence-electron chi connectivity index (χ1n) is 6.86. The van der Waals surface area contributed by atoms with E-state index < -0.39 is 0 Å². The summed E-state index contributed by atoms with van der Waals surface area (Å²) in [6.45, 7) is 0. The third-order valence-corrected chi connectivity index (χ3v) is 3.67. The molecule has 0 saturated heterocycles. The zero-order chi connectivity index (χ0) is 15.1. The maximum Gasteiger partial charge on any atom is 0.198 e. The Balaban J connectivity index is 1.81. The molecule has 0 N–H and O–H groups in total. The smallest absolute Gasteiger partial charge is 0.198 e. The molecule has 3 heteroatoms. The fraction of sp³-hybridized carbons (Fsp3) is 0. The van der Waals surface area contributed by atoms with E-state index in [4.69, 9.17) is 4.74 Å². The van der Waals surface area contributed by atoms with E-state index in [0.29, 0.717) is 22.6 Å². The molecule has 0 atom stereocenters. The Morgan fingerprint density at radius 2 is 1.64 bits per heavy atom. The van der Waals surface area contributed by atoms with Gasteiger partial charge >= 0.3 is 0 Å². The zero-order valence-corrected chi connectivity index (χ0v) is 11.5. The van der Waals surface area contributed by atoms with Crippen LogP contribution in [0.2, 0.25) is 0 Å². The van der Waals surface area contributed by atoms with Gasteiger partial charge in [-0.1, -0.05) is 24.3 Å². The number of carbonyl (C=O) groups is 1. The third kappa shape index (κ3) is 1.91. The van der Waals surface area contributed by atoms with Gasteiger partial charge in [0, 0.05) is 11.1 Å². The number of carbonyl (C=O) groups excluding carboxylic acids is 1. The lowest BCUT2D eigenvalue weighted by molar-refractivity contribution is 0.104. The molecule has 0 aliphatic heterocycles. The van der Waals surface area contributed by atoms with E-state index in [2.05, 4.69) is 6.07 Å². The van der Waals surface area contributed by atoms with Gasteiger partial charge < -0.3 is 4.74 Å². The highest BCUT2D eigenvalue weighted by Gasteiger charge is 2.29. The Morgan fingerprint density at radius 1 is 0.909 bits per heavy atom. The second-order valence-electron chi connectivity index (χ2n) is 5.02. The fourth-order valence-electron chi connectivity index (χ4n) is 2.67.